The molecule has 96 heavy (non-hydrogen) atoms. The third-order valence-electron chi connectivity index (χ3n) is 16.8. The van der Waals surface area contributed by atoms with E-state index in [1.165, 1.54) is 0 Å². The molecule has 0 aromatic rings. The summed E-state index contributed by atoms with van der Waals surface area (Å²) < 4.78 is 66.3. The van der Waals surface area contributed by atoms with Crippen molar-refractivity contribution in [2.45, 2.75) is 275 Å². The average molecular weight is 1400 g/mol. The van der Waals surface area contributed by atoms with Crippen molar-refractivity contribution in [3.63, 3.8) is 0 Å². The number of nitrogens with one attached hydrogen (secondary N) is 2. The summed E-state index contributed by atoms with van der Waals surface area (Å²) in [5.41, 5.74) is 0. The van der Waals surface area contributed by atoms with Crippen LogP contribution in [0.3, 0.4) is 0 Å². The van der Waals surface area contributed by atoms with Crippen LogP contribution in [0.1, 0.15) is 90.9 Å². The van der Waals surface area contributed by atoms with Crippen molar-refractivity contribution in [3.05, 3.63) is 0 Å². The first-order chi connectivity index (χ1) is 45.7. The highest BCUT2D eigenvalue weighted by molar-refractivity contribution is 5.79. The second-order valence-corrected chi connectivity index (χ2v) is 24.1. The number of unbranched alkanes of at least 4 members (excludes halogenated alkanes) is 2. The van der Waals surface area contributed by atoms with Gasteiger partial charge in [-0.1, -0.05) is 6.92 Å². The zero-order chi connectivity index (χ0) is 71.1. The van der Waals surface area contributed by atoms with Gasteiger partial charge in [-0.25, -0.2) is 0 Å². The van der Waals surface area contributed by atoms with Crippen LogP contribution in [-0.4, -0.2) is 376 Å². The van der Waals surface area contributed by atoms with Crippen molar-refractivity contribution in [2.24, 2.45) is 0 Å². The predicted octanol–water partition coefficient (Wildman–Crippen LogP) is -11.0. The van der Waals surface area contributed by atoms with E-state index >= 15 is 0 Å². The lowest BCUT2D eigenvalue weighted by molar-refractivity contribution is -0.366. The second-order valence-electron chi connectivity index (χ2n) is 24.1. The molecule has 38 heteroatoms. The topological polar surface area (TPSA) is 608 Å². The van der Waals surface area contributed by atoms with Gasteiger partial charge in [-0.3, -0.25) is 19.2 Å². The molecule has 0 aromatic carbocycles. The zero-order valence-corrected chi connectivity index (χ0v) is 53.4. The molecular formula is C58H102N2O36. The van der Waals surface area contributed by atoms with Crippen LogP contribution in [0.5, 0.6) is 0 Å². The maximum atomic E-state index is 12.3. The zero-order valence-electron chi connectivity index (χ0n) is 53.4. The van der Waals surface area contributed by atoms with Gasteiger partial charge in [0.1, 0.15) is 158 Å². The first-order valence-electron chi connectivity index (χ1n) is 32.3. The molecule has 0 radical (unpaired) electrons. The number of aliphatic hydroxyl groups excluding tert-OH is 20. The highest BCUT2D eigenvalue weighted by Gasteiger charge is 2.55. The maximum absolute atomic E-state index is 12.3. The largest absolute Gasteiger partial charge is 0.394 e. The van der Waals surface area contributed by atoms with Gasteiger partial charge in [0.2, 0.25) is 11.8 Å². The summed E-state index contributed by atoms with van der Waals surface area (Å²) in [5, 5.41) is 210. The fraction of sp³-hybridized carbons (Fsp3) is 0.931. The molecule has 0 saturated carbocycles. The first-order valence-corrected chi connectivity index (χ1v) is 32.3. The number of amides is 2. The Kier molecular flexibility index (Phi) is 36.4. The standard InChI is InChI=1S/2C29H51NO18/c1-2-30-17(34)8-4-3-6-13(33)7-5-9-43-28-25(42)26(48-29-24(41)22(39)19(36)15(11-32)46-29)20(37)16(47-28)12-44-27-23(40)21(38)18(35)14(10-31)45-27;1-2-5-13(33)6-3-4-7-17(34)30-8-9-43-28-25(42)26(48-29-24(41)22(39)19(36)15(11-32)46-29)20(37)16(47-28)12-44-27-23(40)21(38)18(35)14(10-31)45-27/h2*14-16,18-29,31-32,35-42H,2-12H2,1H3,(H,30,34)/t2*14-,15-,16-,18-,19-,20-,21+,22+,23+,24+,25+,26+,27+,28+,29-/m11/s1. The summed E-state index contributed by atoms with van der Waals surface area (Å²) >= 11 is 0. The number of carbonyl (C=O) groups excluding carboxylic acids is 4. The van der Waals surface area contributed by atoms with Crippen molar-refractivity contribution in [1.82, 2.24) is 10.6 Å². The number of rotatable bonds is 36. The molecule has 30 atom stereocenters. The summed E-state index contributed by atoms with van der Waals surface area (Å²) in [5.74, 6) is -0.296. The van der Waals surface area contributed by atoms with E-state index in [0.29, 0.717) is 51.5 Å². The Morgan fingerprint density at radius 3 is 1.01 bits per heavy atom. The predicted molar refractivity (Wildman–Crippen MR) is 313 cm³/mol. The number of Topliss-reactive ketones (excluding diaryl/α,β-unsaturated/α-hetero) is 2. The molecule has 0 spiro atoms. The lowest BCUT2D eigenvalue weighted by Gasteiger charge is -2.46. The molecule has 560 valence electrons. The number of carbonyl (C=O) groups is 4. The van der Waals surface area contributed by atoms with Crippen molar-refractivity contribution < 1.29 is 178 Å². The smallest absolute Gasteiger partial charge is 0.220 e. The quantitative estimate of drug-likeness (QED) is 0.0259. The van der Waals surface area contributed by atoms with Crippen LogP contribution in [0.15, 0.2) is 0 Å². The summed E-state index contributed by atoms with van der Waals surface area (Å²) in [6, 6.07) is 0. The molecule has 0 aromatic heterocycles. The number of hydrogen-bond acceptors (Lipinski definition) is 36. The van der Waals surface area contributed by atoms with Crippen LogP contribution in [0.4, 0.5) is 0 Å². The van der Waals surface area contributed by atoms with E-state index in [4.69, 9.17) is 56.8 Å². The van der Waals surface area contributed by atoms with Crippen LogP contribution in [0.2, 0.25) is 0 Å². The summed E-state index contributed by atoms with van der Waals surface area (Å²) in [7, 11) is 0. The molecule has 6 aliphatic heterocycles. The molecule has 6 fully saturated rings. The van der Waals surface area contributed by atoms with Gasteiger partial charge in [0.25, 0.3) is 0 Å². The van der Waals surface area contributed by atoms with Gasteiger partial charge < -0.3 is 170 Å². The van der Waals surface area contributed by atoms with E-state index in [1.54, 1.807) is 0 Å². The minimum atomic E-state index is -1.88. The SMILES string of the molecule is CCCC(=O)CCCCC(=O)NCCO[C@H]1O[C@H](CO[C@H]2O[C@H](CO)[C@@H](O)[C@H](O)[C@@H]2O)[C@@H](O)[C@H](O[C@H]2O[C@H](CO)[C@@H](O)[C@H](O)[C@@H]2O)[C@@H]1O.CCNC(=O)CCCCC(=O)CCCO[C@H]1O[C@H](CO[C@H]2O[C@H](CO)[C@@H](O)[C@H](O)[C@@H]2O)[C@@H](O)[C@H](O[C@H]2O[C@H](CO)[C@@H](O)[C@H](O)[C@@H]2O)[C@@H]1O. The number of ketones is 2. The molecular weight excluding hydrogens is 1300 g/mol. The molecule has 6 aliphatic rings. The van der Waals surface area contributed by atoms with Crippen molar-refractivity contribution in [1.29, 1.82) is 0 Å². The number of hydrogen-bond donors (Lipinski definition) is 22. The van der Waals surface area contributed by atoms with Crippen LogP contribution in [0.25, 0.3) is 0 Å². The van der Waals surface area contributed by atoms with E-state index in [0.717, 1.165) is 6.42 Å². The Bertz CT molecular complexity index is 2100. The van der Waals surface area contributed by atoms with Crippen molar-refractivity contribution >= 4 is 23.4 Å². The number of aliphatic hydroxyl groups is 20. The Morgan fingerprint density at radius 2 is 0.635 bits per heavy atom. The molecule has 6 heterocycles. The monoisotopic (exact) mass is 1400 g/mol. The maximum Gasteiger partial charge on any atom is 0.220 e. The van der Waals surface area contributed by atoms with Gasteiger partial charge in [-0.2, -0.15) is 0 Å². The molecule has 0 unspecified atom stereocenters. The van der Waals surface area contributed by atoms with Crippen LogP contribution < -0.4 is 10.6 Å². The van der Waals surface area contributed by atoms with E-state index in [9.17, 15) is 121 Å². The van der Waals surface area contributed by atoms with E-state index < -0.39 is 224 Å². The molecule has 38 nitrogen and oxygen atoms in total. The van der Waals surface area contributed by atoms with Crippen LogP contribution >= 0.6 is 0 Å². The highest BCUT2D eigenvalue weighted by atomic mass is 16.8. The Morgan fingerprint density at radius 1 is 0.323 bits per heavy atom. The van der Waals surface area contributed by atoms with Crippen LogP contribution in [0, 0.1) is 0 Å². The Hall–Kier alpha value is -3.00. The van der Waals surface area contributed by atoms with Gasteiger partial charge in [0.05, 0.1) is 52.9 Å². The van der Waals surface area contributed by atoms with Crippen LogP contribution in [-0.2, 0) is 76.0 Å². The Labute approximate surface area is 552 Å². The summed E-state index contributed by atoms with van der Waals surface area (Å²) in [4.78, 5) is 47.7. The van der Waals surface area contributed by atoms with Gasteiger partial charge in [-0.15, -0.1) is 0 Å². The van der Waals surface area contributed by atoms with E-state index in [2.05, 4.69) is 10.6 Å². The fourth-order valence-electron chi connectivity index (χ4n) is 11.1. The lowest BCUT2D eigenvalue weighted by atomic mass is 9.96. The minimum absolute atomic E-state index is 0.0208. The molecule has 0 aliphatic carbocycles. The fourth-order valence-corrected chi connectivity index (χ4v) is 11.1. The van der Waals surface area contributed by atoms with Crippen molar-refractivity contribution in [2.75, 3.05) is 65.9 Å². The third kappa shape index (κ3) is 23.5. The van der Waals surface area contributed by atoms with Crippen molar-refractivity contribution in [3.8, 4) is 0 Å². The Balaban J connectivity index is 0.000000347. The molecule has 6 saturated heterocycles. The third-order valence-corrected chi connectivity index (χ3v) is 16.8. The molecule has 2 amide bonds. The lowest BCUT2D eigenvalue weighted by Crippen LogP contribution is -2.65. The normalized spacial score (nSPS) is 40.4. The second kappa shape index (κ2) is 41.8. The first kappa shape index (κ1) is 83.7. The summed E-state index contributed by atoms with van der Waals surface area (Å²) in [6.07, 6.45) is -44.6. The average Bonchev–Trinajstić information content (AvgIpc) is 0.791. The van der Waals surface area contributed by atoms with E-state index in [-0.39, 0.29) is 68.8 Å². The van der Waals surface area contributed by atoms with Gasteiger partial charge >= 0.3 is 0 Å². The van der Waals surface area contributed by atoms with Gasteiger partial charge in [0.15, 0.2) is 37.7 Å². The van der Waals surface area contributed by atoms with Gasteiger partial charge in [0, 0.05) is 51.6 Å². The van der Waals surface area contributed by atoms with E-state index in [1.807, 2.05) is 13.8 Å². The number of ether oxygens (including phenoxy) is 12. The minimum Gasteiger partial charge on any atom is -0.394 e. The highest BCUT2D eigenvalue weighted by Crippen LogP contribution is 2.34. The molecule has 6 rings (SSSR count). The molecule has 0 bridgehead atoms. The van der Waals surface area contributed by atoms with Gasteiger partial charge in [-0.05, 0) is 45.4 Å². The molecule has 22 N–H and O–H groups in total. The summed E-state index contributed by atoms with van der Waals surface area (Å²) in [6.45, 7) is -0.250.